The van der Waals surface area contributed by atoms with E-state index >= 15 is 0 Å². The molecule has 21 heavy (non-hydrogen) atoms. The first-order valence-corrected chi connectivity index (χ1v) is 7.99. The summed E-state index contributed by atoms with van der Waals surface area (Å²) < 4.78 is 65.0. The van der Waals surface area contributed by atoms with Crippen LogP contribution in [0, 0.1) is 5.82 Å². The minimum atomic E-state index is -3.16. The molecule has 1 atom stereocenters. The van der Waals surface area contributed by atoms with Crippen molar-refractivity contribution < 1.29 is 26.3 Å². The Morgan fingerprint density at radius 1 is 1.43 bits per heavy atom. The monoisotopic (exact) mass is 324 g/mol. The molecule has 1 fully saturated rings. The van der Waals surface area contributed by atoms with Gasteiger partial charge < -0.3 is 15.4 Å². The summed E-state index contributed by atoms with van der Waals surface area (Å²) in [6.45, 7) is -3.16. The highest BCUT2D eigenvalue weighted by molar-refractivity contribution is 7.91. The second-order valence-corrected chi connectivity index (χ2v) is 7.12. The van der Waals surface area contributed by atoms with Crippen molar-refractivity contribution in [3.63, 3.8) is 0 Å². The Hall–Kier alpha value is -1.64. The molecule has 0 spiro atoms. The lowest BCUT2D eigenvalue weighted by Crippen LogP contribution is -2.33. The van der Waals surface area contributed by atoms with Gasteiger partial charge in [0.25, 0.3) is 0 Å². The Morgan fingerprint density at radius 3 is 2.62 bits per heavy atom. The Balaban J connectivity index is 2.30. The Labute approximate surface area is 120 Å². The lowest BCUT2D eigenvalue weighted by molar-refractivity contribution is -0.0521. The van der Waals surface area contributed by atoms with E-state index in [1.54, 1.807) is 11.9 Å². The summed E-state index contributed by atoms with van der Waals surface area (Å²) in [7, 11) is -1.52. The van der Waals surface area contributed by atoms with Gasteiger partial charge in [0.1, 0.15) is 0 Å². The largest absolute Gasteiger partial charge is 0.432 e. The van der Waals surface area contributed by atoms with Gasteiger partial charge in [-0.25, -0.2) is 12.8 Å². The average Bonchev–Trinajstić information content (AvgIpc) is 2.72. The van der Waals surface area contributed by atoms with Crippen LogP contribution in [0.25, 0.3) is 0 Å². The quantitative estimate of drug-likeness (QED) is 0.852. The van der Waals surface area contributed by atoms with Crippen molar-refractivity contribution in [2.24, 2.45) is 0 Å². The maximum atomic E-state index is 13.5. The number of halogens is 3. The van der Waals surface area contributed by atoms with Gasteiger partial charge in [-0.3, -0.25) is 0 Å². The van der Waals surface area contributed by atoms with Gasteiger partial charge in [0.2, 0.25) is 0 Å². The maximum absolute atomic E-state index is 13.5. The van der Waals surface area contributed by atoms with Gasteiger partial charge in [-0.05, 0) is 6.42 Å². The van der Waals surface area contributed by atoms with Gasteiger partial charge >= 0.3 is 6.61 Å². The van der Waals surface area contributed by atoms with E-state index in [0.29, 0.717) is 6.42 Å². The zero-order chi connectivity index (χ0) is 15.8. The molecular weight excluding hydrogens is 309 g/mol. The third-order valence-corrected chi connectivity index (χ3v) is 5.18. The summed E-state index contributed by atoms with van der Waals surface area (Å²) in [5.41, 5.74) is 5.97. The molecular formula is C12H15F3N2O3S. The summed E-state index contributed by atoms with van der Waals surface area (Å²) in [6.07, 6.45) is 0.403. The van der Waals surface area contributed by atoms with Crippen LogP contribution in [0.1, 0.15) is 6.42 Å². The molecule has 2 rings (SSSR count). The van der Waals surface area contributed by atoms with Crippen LogP contribution in [0.3, 0.4) is 0 Å². The Morgan fingerprint density at radius 2 is 2.10 bits per heavy atom. The van der Waals surface area contributed by atoms with E-state index in [9.17, 15) is 21.6 Å². The molecule has 1 aliphatic rings. The standard InChI is InChI=1S/C12H15F3N2O3S/c1-17(7-2-3-21(18,19)6-7)10-5-11(20-12(14)15)8(13)4-9(10)16/h4-5,7,12H,2-3,6,16H2,1H3. The van der Waals surface area contributed by atoms with Crippen LogP contribution in [-0.2, 0) is 9.84 Å². The first-order valence-electron chi connectivity index (χ1n) is 6.16. The molecule has 1 heterocycles. The van der Waals surface area contributed by atoms with Crippen molar-refractivity contribution in [1.82, 2.24) is 0 Å². The number of ether oxygens (including phenoxy) is 1. The van der Waals surface area contributed by atoms with Gasteiger partial charge in [-0.1, -0.05) is 0 Å². The van der Waals surface area contributed by atoms with Crippen molar-refractivity contribution in [2.45, 2.75) is 19.1 Å². The third-order valence-electron chi connectivity index (χ3n) is 3.43. The van der Waals surface area contributed by atoms with Gasteiger partial charge in [0.15, 0.2) is 21.4 Å². The van der Waals surface area contributed by atoms with Crippen LogP contribution in [-0.4, -0.2) is 39.6 Å². The number of nitrogens with two attached hydrogens (primary N) is 1. The minimum absolute atomic E-state index is 0.0286. The Kier molecular flexibility index (Phi) is 4.22. The van der Waals surface area contributed by atoms with Crippen molar-refractivity contribution in [3.05, 3.63) is 17.9 Å². The number of sulfone groups is 1. The first-order chi connectivity index (χ1) is 9.69. The van der Waals surface area contributed by atoms with Crippen molar-refractivity contribution in [3.8, 4) is 5.75 Å². The normalized spacial score (nSPS) is 20.7. The van der Waals surface area contributed by atoms with E-state index in [1.807, 2.05) is 0 Å². The number of alkyl halides is 2. The topological polar surface area (TPSA) is 72.6 Å². The predicted octanol–water partition coefficient (Wildman–Crippen LogP) is 1.63. The second-order valence-electron chi connectivity index (χ2n) is 4.89. The molecule has 9 heteroatoms. The van der Waals surface area contributed by atoms with Gasteiger partial charge in [-0.15, -0.1) is 0 Å². The molecule has 1 saturated heterocycles. The number of anilines is 2. The molecule has 0 radical (unpaired) electrons. The van der Waals surface area contributed by atoms with Gasteiger partial charge in [0.05, 0.1) is 22.9 Å². The third kappa shape index (κ3) is 3.52. The smallest absolute Gasteiger partial charge is 0.387 e. The predicted molar refractivity (Wildman–Crippen MR) is 72.9 cm³/mol. The molecule has 1 unspecified atom stereocenters. The van der Waals surface area contributed by atoms with E-state index in [1.165, 1.54) is 0 Å². The van der Waals surface area contributed by atoms with E-state index in [2.05, 4.69) is 4.74 Å². The maximum Gasteiger partial charge on any atom is 0.387 e. The molecule has 118 valence electrons. The average molecular weight is 324 g/mol. The van der Waals surface area contributed by atoms with E-state index in [-0.39, 0.29) is 28.9 Å². The molecule has 2 N–H and O–H groups in total. The van der Waals surface area contributed by atoms with Crippen molar-refractivity contribution in [1.29, 1.82) is 0 Å². The molecule has 1 aliphatic heterocycles. The van der Waals surface area contributed by atoms with Crippen LogP contribution in [0.2, 0.25) is 0 Å². The minimum Gasteiger partial charge on any atom is -0.432 e. The summed E-state index contributed by atoms with van der Waals surface area (Å²) in [4.78, 5) is 1.55. The number of benzene rings is 1. The summed E-state index contributed by atoms with van der Waals surface area (Å²) in [5, 5.41) is 0. The van der Waals surface area contributed by atoms with Crippen LogP contribution in [0.15, 0.2) is 12.1 Å². The molecule has 0 aromatic heterocycles. The molecule has 0 saturated carbocycles. The van der Waals surface area contributed by atoms with E-state index in [0.717, 1.165) is 12.1 Å². The Bertz CT molecular complexity index is 637. The number of hydrogen-bond donors (Lipinski definition) is 1. The summed E-state index contributed by atoms with van der Waals surface area (Å²) in [6, 6.07) is 1.61. The fraction of sp³-hybridized carbons (Fsp3) is 0.500. The highest BCUT2D eigenvalue weighted by Crippen LogP contribution is 2.34. The molecule has 0 amide bonds. The van der Waals surface area contributed by atoms with Crippen molar-refractivity contribution >= 4 is 21.2 Å². The zero-order valence-corrected chi connectivity index (χ0v) is 12.0. The number of nitrogen functional groups attached to an aromatic ring is 1. The lowest BCUT2D eigenvalue weighted by atomic mass is 10.1. The van der Waals surface area contributed by atoms with E-state index in [4.69, 9.17) is 5.73 Å². The fourth-order valence-electron chi connectivity index (χ4n) is 2.33. The molecule has 1 aromatic carbocycles. The lowest BCUT2D eigenvalue weighted by Gasteiger charge is -2.27. The summed E-state index contributed by atoms with van der Waals surface area (Å²) in [5.74, 6) is -1.61. The van der Waals surface area contributed by atoms with Gasteiger partial charge in [-0.2, -0.15) is 8.78 Å². The highest BCUT2D eigenvalue weighted by atomic mass is 32.2. The van der Waals surface area contributed by atoms with Crippen LogP contribution >= 0.6 is 0 Å². The second kappa shape index (κ2) is 5.63. The fourth-order valence-corrected chi connectivity index (χ4v) is 4.10. The number of nitrogens with zero attached hydrogens (tertiary/aromatic N) is 1. The molecule has 0 bridgehead atoms. The van der Waals surface area contributed by atoms with Crippen molar-refractivity contribution in [2.75, 3.05) is 29.2 Å². The molecule has 5 nitrogen and oxygen atoms in total. The van der Waals surface area contributed by atoms with E-state index < -0.39 is 28.0 Å². The van der Waals surface area contributed by atoms with Gasteiger partial charge in [0, 0.05) is 25.2 Å². The molecule has 0 aliphatic carbocycles. The SMILES string of the molecule is CN(c1cc(OC(F)F)c(F)cc1N)C1CCS(=O)(=O)C1. The van der Waals surface area contributed by atoms with Crippen LogP contribution < -0.4 is 15.4 Å². The van der Waals surface area contributed by atoms with Crippen LogP contribution in [0.5, 0.6) is 5.75 Å². The zero-order valence-electron chi connectivity index (χ0n) is 11.2. The first kappa shape index (κ1) is 15.7. The number of rotatable bonds is 4. The summed E-state index contributed by atoms with van der Waals surface area (Å²) >= 11 is 0. The highest BCUT2D eigenvalue weighted by Gasteiger charge is 2.31. The molecule has 1 aromatic rings. The number of hydrogen-bond acceptors (Lipinski definition) is 5. The van der Waals surface area contributed by atoms with Crippen LogP contribution in [0.4, 0.5) is 24.5 Å².